The van der Waals surface area contributed by atoms with Gasteiger partial charge in [0.05, 0.1) is 6.61 Å². The lowest BCUT2D eigenvalue weighted by atomic mass is 9.83. The summed E-state index contributed by atoms with van der Waals surface area (Å²) < 4.78 is 5.54. The fourth-order valence-corrected chi connectivity index (χ4v) is 2.47. The Bertz CT molecular complexity index is 398. The first-order chi connectivity index (χ1) is 8.61. The van der Waals surface area contributed by atoms with Gasteiger partial charge in [-0.15, -0.1) is 0 Å². The molecule has 2 heteroatoms. The van der Waals surface area contributed by atoms with E-state index in [4.69, 9.17) is 4.74 Å². The van der Waals surface area contributed by atoms with Crippen molar-refractivity contribution in [3.05, 3.63) is 29.3 Å². The second-order valence-corrected chi connectivity index (χ2v) is 6.06. The van der Waals surface area contributed by atoms with Gasteiger partial charge in [0, 0.05) is 6.42 Å². The van der Waals surface area contributed by atoms with Crippen LogP contribution in [0.5, 0.6) is 5.75 Å². The van der Waals surface area contributed by atoms with E-state index in [-0.39, 0.29) is 0 Å². The molecule has 0 fully saturated rings. The topological polar surface area (TPSA) is 21.3 Å². The van der Waals surface area contributed by atoms with E-state index in [2.05, 4.69) is 37.4 Å². The quantitative estimate of drug-likeness (QED) is 0.833. The number of rotatable bonds is 6. The number of ether oxygens (including phenoxy) is 1. The normalized spacial score (nSPS) is 14.4. The fourth-order valence-electron chi connectivity index (χ4n) is 2.47. The van der Waals surface area contributed by atoms with E-state index in [9.17, 15) is 0 Å². The molecular formula is C16H25NO. The molecule has 0 spiro atoms. The summed E-state index contributed by atoms with van der Waals surface area (Å²) in [6.45, 7) is 6.68. The Balaban J connectivity index is 1.90. The molecule has 1 aliphatic rings. The minimum atomic E-state index is 0.415. The van der Waals surface area contributed by atoms with Gasteiger partial charge in [-0.05, 0) is 55.5 Å². The molecule has 2 rings (SSSR count). The molecule has 0 saturated heterocycles. The molecule has 2 nitrogen and oxygen atoms in total. The molecule has 1 aromatic rings. The maximum atomic E-state index is 5.54. The van der Waals surface area contributed by atoms with Crippen molar-refractivity contribution in [2.45, 2.75) is 39.5 Å². The first kappa shape index (κ1) is 13.4. The zero-order valence-corrected chi connectivity index (χ0v) is 11.9. The molecule has 0 unspecified atom stereocenters. The zero-order chi connectivity index (χ0) is 13.0. The molecule has 100 valence electrons. The highest BCUT2D eigenvalue weighted by Gasteiger charge is 2.18. The molecule has 1 heterocycles. The van der Waals surface area contributed by atoms with Crippen molar-refractivity contribution in [2.24, 2.45) is 5.41 Å². The van der Waals surface area contributed by atoms with Crippen LogP contribution in [0.1, 0.15) is 37.8 Å². The van der Waals surface area contributed by atoms with Gasteiger partial charge in [-0.25, -0.2) is 0 Å². The van der Waals surface area contributed by atoms with Gasteiger partial charge in [-0.2, -0.15) is 0 Å². The van der Waals surface area contributed by atoms with E-state index in [1.54, 1.807) is 0 Å². The molecule has 0 amide bonds. The lowest BCUT2D eigenvalue weighted by molar-refractivity contribution is 0.305. The second kappa shape index (κ2) is 5.75. The average Bonchev–Trinajstić information content (AvgIpc) is 2.81. The number of fused-ring (bicyclic) bond motifs is 1. The van der Waals surface area contributed by atoms with Gasteiger partial charge in [0.15, 0.2) is 0 Å². The van der Waals surface area contributed by atoms with Crippen LogP contribution in [0.2, 0.25) is 0 Å². The Morgan fingerprint density at radius 1 is 1.28 bits per heavy atom. The molecule has 0 aromatic heterocycles. The Morgan fingerprint density at radius 2 is 2.11 bits per heavy atom. The molecule has 0 saturated carbocycles. The van der Waals surface area contributed by atoms with E-state index >= 15 is 0 Å². The molecule has 0 atom stereocenters. The SMILES string of the molecule is CNCCC(C)(C)CCc1ccc2c(c1)CCO2. The first-order valence-electron chi connectivity index (χ1n) is 7.00. The maximum absolute atomic E-state index is 5.54. The standard InChI is InChI=1S/C16H25NO/c1-16(2,9-10-17-3)8-6-13-4-5-15-14(12-13)7-11-18-15/h4-5,12,17H,6-11H2,1-3H3. The van der Waals surface area contributed by atoms with Crippen LogP contribution in [-0.2, 0) is 12.8 Å². The minimum absolute atomic E-state index is 0.415. The molecular weight excluding hydrogens is 222 g/mol. The summed E-state index contributed by atoms with van der Waals surface area (Å²) in [5.41, 5.74) is 3.26. The fraction of sp³-hybridized carbons (Fsp3) is 0.625. The van der Waals surface area contributed by atoms with Crippen molar-refractivity contribution in [3.63, 3.8) is 0 Å². The second-order valence-electron chi connectivity index (χ2n) is 6.06. The smallest absolute Gasteiger partial charge is 0.122 e. The van der Waals surface area contributed by atoms with E-state index in [0.29, 0.717) is 5.41 Å². The van der Waals surface area contributed by atoms with Crippen LogP contribution in [0.4, 0.5) is 0 Å². The van der Waals surface area contributed by atoms with Gasteiger partial charge in [0.1, 0.15) is 5.75 Å². The molecule has 1 aromatic carbocycles. The third kappa shape index (κ3) is 3.49. The van der Waals surface area contributed by atoms with E-state index in [0.717, 1.165) is 25.3 Å². The summed E-state index contributed by atoms with van der Waals surface area (Å²) in [5, 5.41) is 3.24. The lowest BCUT2D eigenvalue weighted by Crippen LogP contribution is -2.20. The van der Waals surface area contributed by atoms with Crippen LogP contribution in [0.3, 0.4) is 0 Å². The molecule has 0 aliphatic carbocycles. The predicted octanol–water partition coefficient (Wildman–Crippen LogP) is 3.19. The third-order valence-corrected chi connectivity index (χ3v) is 3.90. The van der Waals surface area contributed by atoms with Crippen LogP contribution in [-0.4, -0.2) is 20.2 Å². The highest BCUT2D eigenvalue weighted by Crippen LogP contribution is 2.29. The van der Waals surface area contributed by atoms with Crippen molar-refractivity contribution < 1.29 is 4.74 Å². The molecule has 18 heavy (non-hydrogen) atoms. The van der Waals surface area contributed by atoms with Crippen molar-refractivity contribution >= 4 is 0 Å². The van der Waals surface area contributed by atoms with Crippen LogP contribution in [0.25, 0.3) is 0 Å². The molecule has 0 bridgehead atoms. The van der Waals surface area contributed by atoms with Crippen LogP contribution in [0.15, 0.2) is 18.2 Å². The molecule has 1 aliphatic heterocycles. The van der Waals surface area contributed by atoms with Gasteiger partial charge in [-0.1, -0.05) is 26.0 Å². The number of aryl methyl sites for hydroxylation is 1. The van der Waals surface area contributed by atoms with Crippen molar-refractivity contribution in [1.29, 1.82) is 0 Å². The summed E-state index contributed by atoms with van der Waals surface area (Å²) in [4.78, 5) is 0. The van der Waals surface area contributed by atoms with Gasteiger partial charge in [-0.3, -0.25) is 0 Å². The summed E-state index contributed by atoms with van der Waals surface area (Å²) in [6, 6.07) is 6.69. The van der Waals surface area contributed by atoms with Gasteiger partial charge in [0.2, 0.25) is 0 Å². The predicted molar refractivity (Wildman–Crippen MR) is 76.3 cm³/mol. The van der Waals surface area contributed by atoms with Crippen molar-refractivity contribution in [2.75, 3.05) is 20.2 Å². The summed E-state index contributed by atoms with van der Waals surface area (Å²) in [6.07, 6.45) is 4.72. The number of nitrogens with one attached hydrogen (secondary N) is 1. The average molecular weight is 247 g/mol. The zero-order valence-electron chi connectivity index (χ0n) is 11.9. The Hall–Kier alpha value is -1.02. The monoisotopic (exact) mass is 247 g/mol. The minimum Gasteiger partial charge on any atom is -0.493 e. The third-order valence-electron chi connectivity index (χ3n) is 3.90. The van der Waals surface area contributed by atoms with Crippen molar-refractivity contribution in [1.82, 2.24) is 5.32 Å². The van der Waals surface area contributed by atoms with Crippen molar-refractivity contribution in [3.8, 4) is 5.75 Å². The van der Waals surface area contributed by atoms with E-state index < -0.39 is 0 Å². The summed E-state index contributed by atoms with van der Waals surface area (Å²) in [5.74, 6) is 1.09. The van der Waals surface area contributed by atoms with Gasteiger partial charge in [0.25, 0.3) is 0 Å². The Kier molecular flexibility index (Phi) is 4.28. The van der Waals surface area contributed by atoms with E-state index in [1.165, 1.54) is 30.4 Å². The van der Waals surface area contributed by atoms with Crippen LogP contribution < -0.4 is 10.1 Å². The number of hydrogen-bond acceptors (Lipinski definition) is 2. The number of benzene rings is 1. The van der Waals surface area contributed by atoms with Crippen LogP contribution >= 0.6 is 0 Å². The first-order valence-corrected chi connectivity index (χ1v) is 7.00. The maximum Gasteiger partial charge on any atom is 0.122 e. The van der Waals surface area contributed by atoms with E-state index in [1.807, 2.05) is 7.05 Å². The van der Waals surface area contributed by atoms with Gasteiger partial charge < -0.3 is 10.1 Å². The molecule has 1 N–H and O–H groups in total. The largest absolute Gasteiger partial charge is 0.493 e. The number of hydrogen-bond donors (Lipinski definition) is 1. The van der Waals surface area contributed by atoms with Gasteiger partial charge >= 0.3 is 0 Å². The lowest BCUT2D eigenvalue weighted by Gasteiger charge is -2.24. The Labute approximate surface area is 111 Å². The highest BCUT2D eigenvalue weighted by atomic mass is 16.5. The summed E-state index contributed by atoms with van der Waals surface area (Å²) >= 11 is 0. The van der Waals surface area contributed by atoms with Crippen LogP contribution in [0, 0.1) is 5.41 Å². The highest BCUT2D eigenvalue weighted by molar-refractivity contribution is 5.39. The summed E-state index contributed by atoms with van der Waals surface area (Å²) in [7, 11) is 2.02. The Morgan fingerprint density at radius 3 is 2.89 bits per heavy atom. The molecule has 0 radical (unpaired) electrons.